The number of carbonyl (C=O) groups excluding carboxylic acids is 2. The van der Waals surface area contributed by atoms with E-state index in [1.54, 1.807) is 0 Å². The third-order valence-corrected chi connectivity index (χ3v) is 7.14. The minimum Gasteiger partial charge on any atom is -0.354 e. The minimum absolute atomic E-state index is 0.0331. The highest BCUT2D eigenvalue weighted by atomic mass is 16.2. The maximum atomic E-state index is 13.2. The van der Waals surface area contributed by atoms with Gasteiger partial charge in [0.05, 0.1) is 6.04 Å². The van der Waals surface area contributed by atoms with Gasteiger partial charge in [-0.1, -0.05) is 49.6 Å². The van der Waals surface area contributed by atoms with Crippen LogP contribution in [0.5, 0.6) is 0 Å². The van der Waals surface area contributed by atoms with E-state index in [0.29, 0.717) is 18.4 Å². The van der Waals surface area contributed by atoms with Gasteiger partial charge in [-0.2, -0.15) is 0 Å². The summed E-state index contributed by atoms with van der Waals surface area (Å²) in [4.78, 5) is 30.1. The second kappa shape index (κ2) is 9.75. The van der Waals surface area contributed by atoms with Gasteiger partial charge in [0.1, 0.15) is 0 Å². The summed E-state index contributed by atoms with van der Waals surface area (Å²) in [5, 5.41) is 3.21. The van der Waals surface area contributed by atoms with Gasteiger partial charge in [-0.3, -0.25) is 14.5 Å². The maximum Gasteiger partial charge on any atom is 0.237 e. The molecule has 2 aliphatic carbocycles. The summed E-state index contributed by atoms with van der Waals surface area (Å²) in [6.45, 7) is 3.88. The van der Waals surface area contributed by atoms with E-state index in [0.717, 1.165) is 58.3 Å². The lowest BCUT2D eigenvalue weighted by Gasteiger charge is -2.42. The lowest BCUT2D eigenvalue weighted by molar-refractivity contribution is -0.141. The zero-order valence-electron chi connectivity index (χ0n) is 17.5. The van der Waals surface area contributed by atoms with Crippen molar-refractivity contribution in [2.75, 3.05) is 32.7 Å². The molecule has 0 bridgehead atoms. The molecule has 1 aliphatic heterocycles. The highest BCUT2D eigenvalue weighted by Gasteiger charge is 2.38. The number of nitrogens with zero attached hydrogens (tertiary/aromatic N) is 2. The molecule has 5 heteroatoms. The summed E-state index contributed by atoms with van der Waals surface area (Å²) in [5.41, 5.74) is 1.26. The van der Waals surface area contributed by atoms with Crippen LogP contribution in [0.4, 0.5) is 0 Å². The van der Waals surface area contributed by atoms with Crippen molar-refractivity contribution in [1.29, 1.82) is 0 Å². The highest BCUT2D eigenvalue weighted by Crippen LogP contribution is 2.32. The molecule has 1 N–H and O–H groups in total. The van der Waals surface area contributed by atoms with Gasteiger partial charge in [-0.05, 0) is 43.6 Å². The molecule has 0 radical (unpaired) electrons. The van der Waals surface area contributed by atoms with Crippen LogP contribution in [0.15, 0.2) is 30.3 Å². The van der Waals surface area contributed by atoms with Crippen molar-refractivity contribution in [1.82, 2.24) is 15.1 Å². The van der Waals surface area contributed by atoms with Crippen LogP contribution < -0.4 is 5.32 Å². The minimum atomic E-state index is -0.0331. The van der Waals surface area contributed by atoms with Crippen molar-refractivity contribution < 1.29 is 9.59 Å². The van der Waals surface area contributed by atoms with Gasteiger partial charge in [-0.25, -0.2) is 0 Å². The number of rotatable bonds is 7. The molecule has 4 rings (SSSR count). The van der Waals surface area contributed by atoms with Crippen molar-refractivity contribution in [2.45, 2.75) is 57.4 Å². The zero-order valence-corrected chi connectivity index (χ0v) is 17.5. The smallest absolute Gasteiger partial charge is 0.237 e. The van der Waals surface area contributed by atoms with E-state index in [-0.39, 0.29) is 17.9 Å². The van der Waals surface area contributed by atoms with Crippen LogP contribution >= 0.6 is 0 Å². The summed E-state index contributed by atoms with van der Waals surface area (Å²) in [6, 6.07) is 10.3. The van der Waals surface area contributed by atoms with Gasteiger partial charge in [0.15, 0.2) is 0 Å². The average Bonchev–Trinajstić information content (AvgIpc) is 3.22. The molecule has 1 aromatic rings. The van der Waals surface area contributed by atoms with E-state index in [9.17, 15) is 9.59 Å². The lowest BCUT2D eigenvalue weighted by Crippen LogP contribution is -2.58. The summed E-state index contributed by atoms with van der Waals surface area (Å²) in [6.07, 6.45) is 8.96. The lowest BCUT2D eigenvalue weighted by atomic mass is 9.84. The Morgan fingerprint density at radius 2 is 1.62 bits per heavy atom. The maximum absolute atomic E-state index is 13.2. The van der Waals surface area contributed by atoms with E-state index in [4.69, 9.17) is 0 Å². The molecule has 29 heavy (non-hydrogen) atoms. The van der Waals surface area contributed by atoms with Gasteiger partial charge < -0.3 is 10.2 Å². The molecule has 1 atom stereocenters. The quantitative estimate of drug-likeness (QED) is 0.770. The Balaban J connectivity index is 1.32. The summed E-state index contributed by atoms with van der Waals surface area (Å²) in [5.74, 6) is 1.27. The third kappa shape index (κ3) is 5.00. The molecule has 5 nitrogen and oxygen atoms in total. The van der Waals surface area contributed by atoms with Crippen molar-refractivity contribution in [3.8, 4) is 0 Å². The number of benzene rings is 1. The van der Waals surface area contributed by atoms with E-state index in [1.807, 2.05) is 23.1 Å². The van der Waals surface area contributed by atoms with Gasteiger partial charge in [0.2, 0.25) is 11.8 Å². The van der Waals surface area contributed by atoms with Gasteiger partial charge in [0, 0.05) is 38.6 Å². The van der Waals surface area contributed by atoms with Crippen LogP contribution in [0.3, 0.4) is 0 Å². The summed E-state index contributed by atoms with van der Waals surface area (Å²) < 4.78 is 0. The van der Waals surface area contributed by atoms with E-state index in [2.05, 4.69) is 22.3 Å². The fraction of sp³-hybridized carbons (Fsp3) is 0.667. The molecule has 1 heterocycles. The SMILES string of the molecule is O=C(NCCc1ccccc1)[C@@H](C1CCCC1)N1CCN(C(=O)C2CCC2)CC1. The second-order valence-electron chi connectivity index (χ2n) is 9.01. The predicted octanol–water partition coefficient (Wildman–Crippen LogP) is 2.85. The van der Waals surface area contributed by atoms with Crippen LogP contribution in [-0.4, -0.2) is 60.4 Å². The molecule has 0 spiro atoms. The number of piperazine rings is 1. The first-order valence-electron chi connectivity index (χ1n) is 11.6. The fourth-order valence-electron chi connectivity index (χ4n) is 5.16. The largest absolute Gasteiger partial charge is 0.354 e. The van der Waals surface area contributed by atoms with Crippen LogP contribution in [0.2, 0.25) is 0 Å². The first kappa shape index (κ1) is 20.4. The molecule has 2 amide bonds. The molecule has 3 aliphatic rings. The Morgan fingerprint density at radius 3 is 2.24 bits per heavy atom. The number of hydrogen-bond donors (Lipinski definition) is 1. The Hall–Kier alpha value is -1.88. The fourth-order valence-corrected chi connectivity index (χ4v) is 5.16. The molecule has 2 saturated carbocycles. The highest BCUT2D eigenvalue weighted by molar-refractivity contribution is 5.82. The summed E-state index contributed by atoms with van der Waals surface area (Å²) >= 11 is 0. The number of nitrogens with one attached hydrogen (secondary N) is 1. The Kier molecular flexibility index (Phi) is 6.86. The molecule has 158 valence electrons. The van der Waals surface area contributed by atoms with Crippen molar-refractivity contribution in [3.05, 3.63) is 35.9 Å². The topological polar surface area (TPSA) is 52.7 Å². The van der Waals surface area contributed by atoms with E-state index in [1.165, 1.54) is 24.8 Å². The third-order valence-electron chi connectivity index (χ3n) is 7.14. The average molecular weight is 398 g/mol. The van der Waals surface area contributed by atoms with Gasteiger partial charge in [-0.15, -0.1) is 0 Å². The molecular formula is C24H35N3O2. The first-order chi connectivity index (χ1) is 14.2. The van der Waals surface area contributed by atoms with Crippen LogP contribution in [0.25, 0.3) is 0 Å². The predicted molar refractivity (Wildman–Crippen MR) is 114 cm³/mol. The second-order valence-corrected chi connectivity index (χ2v) is 9.01. The van der Waals surface area contributed by atoms with Crippen LogP contribution in [-0.2, 0) is 16.0 Å². The molecule has 1 saturated heterocycles. The first-order valence-corrected chi connectivity index (χ1v) is 11.6. The van der Waals surface area contributed by atoms with Crippen molar-refractivity contribution >= 4 is 11.8 Å². The molecule has 1 aromatic carbocycles. The number of hydrogen-bond acceptors (Lipinski definition) is 3. The molecule has 0 unspecified atom stereocenters. The molecule has 3 fully saturated rings. The van der Waals surface area contributed by atoms with Crippen LogP contribution in [0.1, 0.15) is 50.5 Å². The van der Waals surface area contributed by atoms with Gasteiger partial charge >= 0.3 is 0 Å². The summed E-state index contributed by atoms with van der Waals surface area (Å²) in [7, 11) is 0. The number of amides is 2. The van der Waals surface area contributed by atoms with Crippen molar-refractivity contribution in [2.24, 2.45) is 11.8 Å². The Labute approximate surface area is 174 Å². The van der Waals surface area contributed by atoms with Crippen LogP contribution in [0, 0.1) is 11.8 Å². The molecular weight excluding hydrogens is 362 g/mol. The van der Waals surface area contributed by atoms with E-state index >= 15 is 0 Å². The Morgan fingerprint density at radius 1 is 0.931 bits per heavy atom. The monoisotopic (exact) mass is 397 g/mol. The standard InChI is InChI=1S/C24H35N3O2/c28-23(25-14-13-19-7-2-1-3-8-19)22(20-9-4-5-10-20)26-15-17-27(18-16-26)24(29)21-11-6-12-21/h1-3,7-8,20-22H,4-6,9-18H2,(H,25,28)/t22-/m1/s1. The number of carbonyl (C=O) groups is 2. The van der Waals surface area contributed by atoms with E-state index < -0.39 is 0 Å². The normalized spacial score (nSPS) is 22.3. The zero-order chi connectivity index (χ0) is 20.1. The van der Waals surface area contributed by atoms with Crippen molar-refractivity contribution in [3.63, 3.8) is 0 Å². The Bertz CT molecular complexity index is 675. The van der Waals surface area contributed by atoms with Gasteiger partial charge in [0.25, 0.3) is 0 Å². The molecule has 0 aromatic heterocycles.